The average Bonchev–Trinajstić information content (AvgIpc) is 2.85. The molecule has 3 N–H and O–H groups in total. The normalized spacial score (nSPS) is 19.2. The zero-order valence-electron chi connectivity index (χ0n) is 11.5. The molecule has 1 aromatic rings. The van der Waals surface area contributed by atoms with E-state index in [1.807, 2.05) is 4.90 Å². The Hall–Kier alpha value is -1.40. The van der Waals surface area contributed by atoms with Crippen LogP contribution in [0.1, 0.15) is 23.8 Å². The molecule has 1 aliphatic rings. The van der Waals surface area contributed by atoms with E-state index in [4.69, 9.17) is 5.73 Å². The van der Waals surface area contributed by atoms with Crippen molar-refractivity contribution in [3.63, 3.8) is 0 Å². The number of nitrogens with two attached hydrogens (primary N) is 1. The van der Waals surface area contributed by atoms with E-state index < -0.39 is 0 Å². The van der Waals surface area contributed by atoms with Crippen LogP contribution in [0.2, 0.25) is 0 Å². The number of nitrogens with zero attached hydrogens (tertiary/aromatic N) is 3. The van der Waals surface area contributed by atoms with E-state index >= 15 is 0 Å². The molecular weight excluding hydrogens is 242 g/mol. The Kier molecular flexibility index (Phi) is 4.93. The van der Waals surface area contributed by atoms with E-state index in [9.17, 15) is 4.79 Å². The van der Waals surface area contributed by atoms with Crippen molar-refractivity contribution < 1.29 is 4.79 Å². The Labute approximate surface area is 113 Å². The molecule has 6 nitrogen and oxygen atoms in total. The monoisotopic (exact) mass is 265 g/mol. The lowest BCUT2D eigenvalue weighted by atomic mass is 10.1. The molecule has 1 amide bonds. The van der Waals surface area contributed by atoms with Gasteiger partial charge in [0.25, 0.3) is 5.91 Å². The van der Waals surface area contributed by atoms with Gasteiger partial charge in [0.1, 0.15) is 5.69 Å². The van der Waals surface area contributed by atoms with Crippen LogP contribution >= 0.6 is 0 Å². The van der Waals surface area contributed by atoms with Gasteiger partial charge in [-0.2, -0.15) is 5.10 Å². The molecule has 6 heteroatoms. The lowest BCUT2D eigenvalue weighted by molar-refractivity contribution is 0.0755. The molecule has 0 bridgehead atoms. The van der Waals surface area contributed by atoms with Crippen LogP contribution < -0.4 is 5.73 Å². The molecule has 19 heavy (non-hydrogen) atoms. The second-order valence-corrected chi connectivity index (χ2v) is 5.26. The number of hydrogen-bond acceptors (Lipinski definition) is 4. The fraction of sp³-hybridized carbons (Fsp3) is 0.692. The number of amides is 1. The van der Waals surface area contributed by atoms with Crippen molar-refractivity contribution in [1.29, 1.82) is 0 Å². The quantitative estimate of drug-likeness (QED) is 0.812. The number of H-pyrrole nitrogens is 1. The molecule has 2 heterocycles. The van der Waals surface area contributed by atoms with Crippen LogP contribution in [0.5, 0.6) is 0 Å². The highest BCUT2D eigenvalue weighted by Gasteiger charge is 2.21. The number of aromatic nitrogens is 2. The average molecular weight is 265 g/mol. The van der Waals surface area contributed by atoms with Gasteiger partial charge in [0.05, 0.1) is 0 Å². The van der Waals surface area contributed by atoms with Crippen molar-refractivity contribution in [2.75, 3.05) is 39.3 Å². The summed E-state index contributed by atoms with van der Waals surface area (Å²) in [6.07, 6.45) is 2.62. The van der Waals surface area contributed by atoms with Gasteiger partial charge in [-0.25, -0.2) is 0 Å². The van der Waals surface area contributed by atoms with Crippen molar-refractivity contribution in [2.45, 2.75) is 13.3 Å². The maximum absolute atomic E-state index is 12.2. The molecule has 1 saturated heterocycles. The summed E-state index contributed by atoms with van der Waals surface area (Å²) < 4.78 is 0. The van der Waals surface area contributed by atoms with Crippen LogP contribution in [0.25, 0.3) is 0 Å². The second kappa shape index (κ2) is 6.68. The second-order valence-electron chi connectivity index (χ2n) is 5.26. The highest BCUT2D eigenvalue weighted by Crippen LogP contribution is 2.09. The number of rotatable bonds is 4. The van der Waals surface area contributed by atoms with E-state index in [1.165, 1.54) is 0 Å². The number of hydrogen-bond donors (Lipinski definition) is 2. The van der Waals surface area contributed by atoms with Crippen LogP contribution in [0.4, 0.5) is 0 Å². The number of carbonyl (C=O) groups is 1. The van der Waals surface area contributed by atoms with Crippen molar-refractivity contribution in [3.8, 4) is 0 Å². The Morgan fingerprint density at radius 2 is 2.32 bits per heavy atom. The topological polar surface area (TPSA) is 78.2 Å². The lowest BCUT2D eigenvalue weighted by Gasteiger charge is -2.23. The standard InChI is InChI=1S/C13H23N5O/c1-11(9-14)10-17-5-2-6-18(8-7-17)13(19)12-3-4-15-16-12/h3-4,11H,2,5-10,14H2,1H3,(H,15,16). The number of nitrogens with one attached hydrogen (secondary N) is 1. The summed E-state index contributed by atoms with van der Waals surface area (Å²) in [4.78, 5) is 16.5. The van der Waals surface area contributed by atoms with Gasteiger partial charge in [-0.1, -0.05) is 6.92 Å². The molecular formula is C13H23N5O. The molecule has 1 aromatic heterocycles. The summed E-state index contributed by atoms with van der Waals surface area (Å²) in [6, 6.07) is 1.72. The van der Waals surface area contributed by atoms with Gasteiger partial charge in [0, 0.05) is 32.4 Å². The zero-order valence-corrected chi connectivity index (χ0v) is 11.5. The smallest absolute Gasteiger partial charge is 0.271 e. The van der Waals surface area contributed by atoms with Crippen molar-refractivity contribution in [2.24, 2.45) is 11.7 Å². The summed E-state index contributed by atoms with van der Waals surface area (Å²) >= 11 is 0. The van der Waals surface area contributed by atoms with Crippen LogP contribution in [0, 0.1) is 5.92 Å². The van der Waals surface area contributed by atoms with Gasteiger partial charge >= 0.3 is 0 Å². The van der Waals surface area contributed by atoms with Gasteiger partial charge in [-0.05, 0) is 31.5 Å². The maximum atomic E-state index is 12.2. The lowest BCUT2D eigenvalue weighted by Crippen LogP contribution is -2.37. The molecule has 1 aliphatic heterocycles. The minimum Gasteiger partial charge on any atom is -0.336 e. The van der Waals surface area contributed by atoms with E-state index in [1.54, 1.807) is 12.3 Å². The van der Waals surface area contributed by atoms with E-state index in [-0.39, 0.29) is 5.91 Å². The van der Waals surface area contributed by atoms with Gasteiger partial charge in [-0.3, -0.25) is 9.89 Å². The maximum Gasteiger partial charge on any atom is 0.271 e. The molecule has 0 spiro atoms. The Morgan fingerprint density at radius 3 is 3.00 bits per heavy atom. The van der Waals surface area contributed by atoms with Crippen LogP contribution in [0.3, 0.4) is 0 Å². The predicted octanol–water partition coefficient (Wildman–Crippen LogP) is 0.152. The van der Waals surface area contributed by atoms with Gasteiger partial charge in [0.15, 0.2) is 0 Å². The zero-order chi connectivity index (χ0) is 13.7. The van der Waals surface area contributed by atoms with E-state index in [0.29, 0.717) is 18.2 Å². The van der Waals surface area contributed by atoms with Gasteiger partial charge in [-0.15, -0.1) is 0 Å². The first-order valence-electron chi connectivity index (χ1n) is 6.91. The number of carbonyl (C=O) groups excluding carboxylic acids is 1. The first-order chi connectivity index (χ1) is 9.20. The first kappa shape index (κ1) is 14.0. The third-order valence-corrected chi connectivity index (χ3v) is 3.58. The van der Waals surface area contributed by atoms with E-state index in [0.717, 1.165) is 39.1 Å². The van der Waals surface area contributed by atoms with Crippen LogP contribution in [0.15, 0.2) is 12.3 Å². The fourth-order valence-corrected chi connectivity index (χ4v) is 2.42. The molecule has 1 fully saturated rings. The van der Waals surface area contributed by atoms with Crippen LogP contribution in [-0.4, -0.2) is 65.2 Å². The third kappa shape index (κ3) is 3.78. The molecule has 0 aliphatic carbocycles. The summed E-state index contributed by atoms with van der Waals surface area (Å²) in [5.41, 5.74) is 6.24. The minimum atomic E-state index is 0.0474. The summed E-state index contributed by atoms with van der Waals surface area (Å²) in [5.74, 6) is 0.557. The SMILES string of the molecule is CC(CN)CN1CCCN(C(=O)c2ccn[nH]2)CC1. The molecule has 1 unspecified atom stereocenters. The Balaban J connectivity index is 1.88. The summed E-state index contributed by atoms with van der Waals surface area (Å²) in [5, 5.41) is 6.57. The molecule has 0 aromatic carbocycles. The van der Waals surface area contributed by atoms with Crippen LogP contribution in [-0.2, 0) is 0 Å². The Morgan fingerprint density at radius 1 is 1.47 bits per heavy atom. The fourth-order valence-electron chi connectivity index (χ4n) is 2.42. The molecule has 0 radical (unpaired) electrons. The third-order valence-electron chi connectivity index (χ3n) is 3.58. The molecule has 0 saturated carbocycles. The predicted molar refractivity (Wildman–Crippen MR) is 73.8 cm³/mol. The molecule has 2 rings (SSSR count). The Bertz CT molecular complexity index is 392. The van der Waals surface area contributed by atoms with Gasteiger partial charge < -0.3 is 15.5 Å². The minimum absolute atomic E-state index is 0.0474. The summed E-state index contributed by atoms with van der Waals surface area (Å²) in [6.45, 7) is 7.44. The highest BCUT2D eigenvalue weighted by molar-refractivity contribution is 5.92. The largest absolute Gasteiger partial charge is 0.336 e. The molecule has 1 atom stereocenters. The first-order valence-corrected chi connectivity index (χ1v) is 6.91. The van der Waals surface area contributed by atoms with Gasteiger partial charge in [0.2, 0.25) is 0 Å². The summed E-state index contributed by atoms with van der Waals surface area (Å²) in [7, 11) is 0. The number of aromatic amines is 1. The van der Waals surface area contributed by atoms with Crippen molar-refractivity contribution in [1.82, 2.24) is 20.0 Å². The van der Waals surface area contributed by atoms with Crippen molar-refractivity contribution >= 4 is 5.91 Å². The van der Waals surface area contributed by atoms with E-state index in [2.05, 4.69) is 22.0 Å². The van der Waals surface area contributed by atoms with Crippen molar-refractivity contribution in [3.05, 3.63) is 18.0 Å². The highest BCUT2D eigenvalue weighted by atomic mass is 16.2. The molecule has 106 valence electrons.